The molecule has 0 aliphatic rings. The molecule has 1 rings (SSSR count). The number of aromatic nitrogens is 3. The molecule has 0 aliphatic heterocycles. The summed E-state index contributed by atoms with van der Waals surface area (Å²) in [4.78, 5) is 11.3. The summed E-state index contributed by atoms with van der Waals surface area (Å²) in [7, 11) is 1.84. The first-order chi connectivity index (χ1) is 6.52. The second-order valence-electron chi connectivity index (χ2n) is 3.21. The number of carbonyl (C=O) groups is 1. The molecule has 0 saturated carbocycles. The minimum absolute atomic E-state index is 0.108. The Labute approximate surface area is 88.3 Å². The van der Waals surface area contributed by atoms with Gasteiger partial charge in [0.25, 0.3) is 0 Å². The van der Waals surface area contributed by atoms with E-state index in [-0.39, 0.29) is 17.2 Å². The molecule has 0 aromatic carbocycles. The zero-order valence-corrected chi connectivity index (χ0v) is 9.32. The highest BCUT2D eigenvalue weighted by Gasteiger charge is 2.16. The molecule has 5 nitrogen and oxygen atoms in total. The van der Waals surface area contributed by atoms with Crippen molar-refractivity contribution in [1.29, 1.82) is 0 Å². The molecule has 6 heteroatoms. The van der Waals surface area contributed by atoms with Gasteiger partial charge in [0.05, 0.1) is 11.3 Å². The first-order valence-corrected chi connectivity index (χ1v) is 4.86. The topological polar surface area (TPSA) is 59.8 Å². The van der Waals surface area contributed by atoms with Crippen molar-refractivity contribution in [2.24, 2.45) is 7.05 Å². The van der Waals surface area contributed by atoms with Crippen LogP contribution >= 0.6 is 12.6 Å². The lowest BCUT2D eigenvalue weighted by molar-refractivity contribution is -0.120. The van der Waals surface area contributed by atoms with Gasteiger partial charge in [0.15, 0.2) is 5.82 Å². The number of hydrogen-bond acceptors (Lipinski definition) is 4. The molecular weight excluding hydrogens is 200 g/mol. The van der Waals surface area contributed by atoms with E-state index >= 15 is 0 Å². The van der Waals surface area contributed by atoms with E-state index in [1.807, 2.05) is 14.0 Å². The Kier molecular flexibility index (Phi) is 3.51. The van der Waals surface area contributed by atoms with Crippen molar-refractivity contribution in [3.8, 4) is 0 Å². The van der Waals surface area contributed by atoms with Crippen LogP contribution in [0.1, 0.15) is 25.7 Å². The van der Waals surface area contributed by atoms with E-state index in [1.54, 1.807) is 17.8 Å². The zero-order chi connectivity index (χ0) is 10.7. The van der Waals surface area contributed by atoms with Gasteiger partial charge in [0, 0.05) is 7.05 Å². The fraction of sp³-hybridized carbons (Fsp3) is 0.625. The van der Waals surface area contributed by atoms with Crippen molar-refractivity contribution in [3.05, 3.63) is 12.2 Å². The molecular formula is C8H14N4OS. The van der Waals surface area contributed by atoms with Crippen LogP contribution in [0, 0.1) is 0 Å². The van der Waals surface area contributed by atoms with Gasteiger partial charge in [-0.05, 0) is 13.8 Å². The zero-order valence-electron chi connectivity index (χ0n) is 8.43. The van der Waals surface area contributed by atoms with E-state index < -0.39 is 0 Å². The number of aryl methyl sites for hydroxylation is 1. The second kappa shape index (κ2) is 4.45. The van der Waals surface area contributed by atoms with Crippen LogP contribution in [0.25, 0.3) is 0 Å². The molecule has 1 N–H and O–H groups in total. The average molecular weight is 214 g/mol. The third-order valence-corrected chi connectivity index (χ3v) is 2.11. The van der Waals surface area contributed by atoms with Crippen LogP contribution in [0.3, 0.4) is 0 Å². The SMILES string of the molecule is CC(S)C(=O)NC(C)c1nncn1C. The number of carbonyl (C=O) groups excluding carboxylic acids is 1. The lowest BCUT2D eigenvalue weighted by atomic mass is 10.3. The minimum Gasteiger partial charge on any atom is -0.345 e. The summed E-state index contributed by atoms with van der Waals surface area (Å²) in [5.41, 5.74) is 0. The van der Waals surface area contributed by atoms with Crippen LogP contribution in [0.15, 0.2) is 6.33 Å². The summed E-state index contributed by atoms with van der Waals surface area (Å²) >= 11 is 4.04. The van der Waals surface area contributed by atoms with Gasteiger partial charge >= 0.3 is 0 Å². The molecule has 0 fully saturated rings. The second-order valence-corrected chi connectivity index (χ2v) is 3.98. The molecule has 0 spiro atoms. The largest absolute Gasteiger partial charge is 0.345 e. The molecule has 0 bridgehead atoms. The molecule has 1 aromatic rings. The highest BCUT2D eigenvalue weighted by atomic mass is 32.1. The Morgan fingerprint density at radius 3 is 2.71 bits per heavy atom. The minimum atomic E-state index is -0.314. The third kappa shape index (κ3) is 2.47. The summed E-state index contributed by atoms with van der Waals surface area (Å²) < 4.78 is 1.77. The van der Waals surface area contributed by atoms with Gasteiger partial charge in [-0.3, -0.25) is 4.79 Å². The molecule has 2 atom stereocenters. The number of thiol groups is 1. The monoisotopic (exact) mass is 214 g/mol. The fourth-order valence-corrected chi connectivity index (χ4v) is 1.16. The molecule has 78 valence electrons. The highest BCUT2D eigenvalue weighted by molar-refractivity contribution is 7.81. The number of rotatable bonds is 3. The molecule has 1 heterocycles. The molecule has 0 saturated heterocycles. The Bertz CT molecular complexity index is 323. The van der Waals surface area contributed by atoms with Crippen molar-refractivity contribution in [2.75, 3.05) is 0 Å². The molecule has 14 heavy (non-hydrogen) atoms. The van der Waals surface area contributed by atoms with E-state index in [0.717, 1.165) is 5.82 Å². The fourth-order valence-electron chi connectivity index (χ4n) is 1.08. The summed E-state index contributed by atoms with van der Waals surface area (Å²) in [5, 5.41) is 10.1. The van der Waals surface area contributed by atoms with Gasteiger partial charge in [-0.1, -0.05) is 0 Å². The molecule has 2 unspecified atom stereocenters. The summed E-state index contributed by atoms with van der Waals surface area (Å²) in [6.45, 7) is 3.58. The van der Waals surface area contributed by atoms with Crippen LogP contribution in [0.2, 0.25) is 0 Å². The first kappa shape index (κ1) is 11.0. The van der Waals surface area contributed by atoms with Crippen molar-refractivity contribution in [1.82, 2.24) is 20.1 Å². The average Bonchev–Trinajstić information content (AvgIpc) is 2.51. The Morgan fingerprint density at radius 1 is 1.64 bits per heavy atom. The van der Waals surface area contributed by atoms with Crippen LogP contribution < -0.4 is 5.32 Å². The van der Waals surface area contributed by atoms with Crippen molar-refractivity contribution in [3.63, 3.8) is 0 Å². The lowest BCUT2D eigenvalue weighted by Gasteiger charge is -2.13. The van der Waals surface area contributed by atoms with Crippen LogP contribution in [-0.4, -0.2) is 25.9 Å². The van der Waals surface area contributed by atoms with E-state index in [0.29, 0.717) is 0 Å². The molecule has 0 radical (unpaired) electrons. The Hall–Kier alpha value is -1.04. The number of nitrogens with zero attached hydrogens (tertiary/aromatic N) is 3. The first-order valence-electron chi connectivity index (χ1n) is 4.34. The molecule has 1 aromatic heterocycles. The summed E-state index contributed by atoms with van der Waals surface area (Å²) in [6, 6.07) is -0.149. The Morgan fingerprint density at radius 2 is 2.29 bits per heavy atom. The smallest absolute Gasteiger partial charge is 0.233 e. The predicted molar refractivity (Wildman–Crippen MR) is 56.0 cm³/mol. The number of nitrogens with one attached hydrogen (secondary N) is 1. The van der Waals surface area contributed by atoms with E-state index in [4.69, 9.17) is 0 Å². The number of hydrogen-bond donors (Lipinski definition) is 2. The number of amides is 1. The van der Waals surface area contributed by atoms with Crippen molar-refractivity contribution < 1.29 is 4.79 Å². The maximum Gasteiger partial charge on any atom is 0.233 e. The maximum atomic E-state index is 11.3. The van der Waals surface area contributed by atoms with Gasteiger partial charge in [-0.15, -0.1) is 10.2 Å². The van der Waals surface area contributed by atoms with Crippen LogP contribution in [0.4, 0.5) is 0 Å². The van der Waals surface area contributed by atoms with Gasteiger partial charge in [-0.2, -0.15) is 12.6 Å². The van der Waals surface area contributed by atoms with Crippen molar-refractivity contribution >= 4 is 18.5 Å². The van der Waals surface area contributed by atoms with Gasteiger partial charge in [0.1, 0.15) is 6.33 Å². The Balaban J connectivity index is 2.64. The van der Waals surface area contributed by atoms with Gasteiger partial charge < -0.3 is 9.88 Å². The molecule has 0 aliphatic carbocycles. The highest BCUT2D eigenvalue weighted by Crippen LogP contribution is 2.07. The normalized spacial score (nSPS) is 14.9. The summed E-state index contributed by atoms with van der Waals surface area (Å²) in [5.74, 6) is 0.621. The predicted octanol–water partition coefficient (Wildman–Crippen LogP) is 0.311. The van der Waals surface area contributed by atoms with E-state index in [2.05, 4.69) is 28.1 Å². The maximum absolute atomic E-state index is 11.3. The van der Waals surface area contributed by atoms with Crippen LogP contribution in [-0.2, 0) is 11.8 Å². The standard InChI is InChI=1S/C8H14N4OS/c1-5(10-8(13)6(2)14)7-11-9-4-12(7)3/h4-6,14H,1-3H3,(H,10,13). The van der Waals surface area contributed by atoms with Gasteiger partial charge in [0.2, 0.25) is 5.91 Å². The van der Waals surface area contributed by atoms with Gasteiger partial charge in [-0.25, -0.2) is 0 Å². The van der Waals surface area contributed by atoms with Crippen molar-refractivity contribution in [2.45, 2.75) is 25.1 Å². The lowest BCUT2D eigenvalue weighted by Crippen LogP contribution is -2.33. The van der Waals surface area contributed by atoms with E-state index in [9.17, 15) is 4.79 Å². The summed E-state index contributed by atoms with van der Waals surface area (Å²) in [6.07, 6.45) is 1.60. The van der Waals surface area contributed by atoms with Crippen LogP contribution in [0.5, 0.6) is 0 Å². The quantitative estimate of drug-likeness (QED) is 0.712. The molecule has 1 amide bonds. The van der Waals surface area contributed by atoms with E-state index in [1.165, 1.54) is 0 Å². The third-order valence-electron chi connectivity index (χ3n) is 1.87.